The number of hydrogen-bond acceptors (Lipinski definition) is 5. The highest BCUT2D eigenvalue weighted by atomic mass is 32.1. The van der Waals surface area contributed by atoms with E-state index in [1.165, 1.54) is 11.3 Å². The van der Waals surface area contributed by atoms with Crippen molar-refractivity contribution >= 4 is 27.1 Å². The molecule has 1 atom stereocenters. The normalized spacial score (nSPS) is 18.7. The number of fused-ring (bicyclic) bond motifs is 2. The number of aromatic nitrogens is 3. The highest BCUT2D eigenvalue weighted by molar-refractivity contribution is 7.19. The lowest BCUT2D eigenvalue weighted by molar-refractivity contribution is 0.197. The van der Waals surface area contributed by atoms with Crippen LogP contribution < -0.4 is 0 Å². The summed E-state index contributed by atoms with van der Waals surface area (Å²) in [7, 11) is 0. The Bertz CT molecular complexity index is 1070. The van der Waals surface area contributed by atoms with Crippen molar-refractivity contribution in [3.8, 4) is 5.75 Å². The molecule has 0 aliphatic carbocycles. The second-order valence-corrected chi connectivity index (χ2v) is 8.13. The van der Waals surface area contributed by atoms with Crippen LogP contribution in [-0.4, -0.2) is 37.7 Å². The van der Waals surface area contributed by atoms with Gasteiger partial charge in [-0.2, -0.15) is 0 Å². The fraction of sp³-hybridized carbons (Fsp3) is 0.300. The van der Waals surface area contributed by atoms with Crippen molar-refractivity contribution in [2.75, 3.05) is 13.1 Å². The van der Waals surface area contributed by atoms with Crippen LogP contribution in [-0.2, 0) is 6.54 Å². The zero-order chi connectivity index (χ0) is 17.5. The van der Waals surface area contributed by atoms with E-state index in [9.17, 15) is 5.11 Å². The van der Waals surface area contributed by atoms with Crippen LogP contribution in [0, 0.1) is 0 Å². The molecule has 1 N–H and O–H groups in total. The Morgan fingerprint density at radius 2 is 2.12 bits per heavy atom. The maximum Gasteiger partial charge on any atom is 0.160 e. The van der Waals surface area contributed by atoms with Crippen molar-refractivity contribution in [3.63, 3.8) is 0 Å². The van der Waals surface area contributed by atoms with Gasteiger partial charge in [0, 0.05) is 40.2 Å². The third-order valence-electron chi connectivity index (χ3n) is 5.18. The number of phenols is 1. The van der Waals surface area contributed by atoms with Crippen LogP contribution in [0.1, 0.15) is 29.5 Å². The lowest BCUT2D eigenvalue weighted by Gasteiger charge is -2.31. The number of nitrogens with zero attached hydrogens (tertiary/aromatic N) is 4. The minimum absolute atomic E-state index is 0.372. The molecule has 1 saturated heterocycles. The minimum Gasteiger partial charge on any atom is -0.507 e. The van der Waals surface area contributed by atoms with Gasteiger partial charge in [0.2, 0.25) is 0 Å². The quantitative estimate of drug-likeness (QED) is 0.596. The summed E-state index contributed by atoms with van der Waals surface area (Å²) in [5, 5.41) is 19.8. The predicted octanol–water partition coefficient (Wildman–Crippen LogP) is 4.03. The largest absolute Gasteiger partial charge is 0.507 e. The molecule has 0 saturated carbocycles. The first-order chi connectivity index (χ1) is 12.8. The maximum atomic E-state index is 10.0. The van der Waals surface area contributed by atoms with Gasteiger partial charge in [-0.1, -0.05) is 12.1 Å². The first-order valence-electron chi connectivity index (χ1n) is 9.00. The first kappa shape index (κ1) is 15.8. The Balaban J connectivity index is 1.37. The summed E-state index contributed by atoms with van der Waals surface area (Å²) in [6.45, 7) is 3.02. The molecule has 6 heteroatoms. The molecule has 4 heterocycles. The van der Waals surface area contributed by atoms with Gasteiger partial charge in [-0.25, -0.2) is 0 Å². The van der Waals surface area contributed by atoms with Gasteiger partial charge in [0.15, 0.2) is 5.65 Å². The van der Waals surface area contributed by atoms with Crippen LogP contribution in [0.3, 0.4) is 0 Å². The molecule has 1 unspecified atom stereocenters. The van der Waals surface area contributed by atoms with Crippen LogP contribution in [0.25, 0.3) is 15.7 Å². The van der Waals surface area contributed by atoms with Crippen molar-refractivity contribution in [1.29, 1.82) is 0 Å². The maximum absolute atomic E-state index is 10.0. The molecular weight excluding hydrogens is 344 g/mol. The average molecular weight is 364 g/mol. The summed E-state index contributed by atoms with van der Waals surface area (Å²) >= 11 is 1.77. The van der Waals surface area contributed by atoms with Gasteiger partial charge in [0.25, 0.3) is 0 Å². The summed E-state index contributed by atoms with van der Waals surface area (Å²) in [4.78, 5) is 3.80. The van der Waals surface area contributed by atoms with Crippen LogP contribution >= 0.6 is 11.3 Å². The Hall–Kier alpha value is -2.44. The molecule has 5 nitrogen and oxygen atoms in total. The zero-order valence-electron chi connectivity index (χ0n) is 14.4. The van der Waals surface area contributed by atoms with Crippen molar-refractivity contribution in [2.45, 2.75) is 25.3 Å². The van der Waals surface area contributed by atoms with Crippen LogP contribution in [0.4, 0.5) is 0 Å². The van der Waals surface area contributed by atoms with Crippen molar-refractivity contribution in [3.05, 3.63) is 59.4 Å². The number of pyridine rings is 1. The second-order valence-electron chi connectivity index (χ2n) is 6.96. The van der Waals surface area contributed by atoms with Crippen LogP contribution in [0.15, 0.2) is 48.7 Å². The van der Waals surface area contributed by atoms with Gasteiger partial charge >= 0.3 is 0 Å². The minimum atomic E-state index is 0.372. The number of phenolic OH excluding ortho intramolecular Hbond substituents is 1. The number of rotatable bonds is 3. The number of hydrogen-bond donors (Lipinski definition) is 1. The van der Waals surface area contributed by atoms with E-state index in [1.54, 1.807) is 17.4 Å². The Morgan fingerprint density at radius 1 is 1.15 bits per heavy atom. The smallest absolute Gasteiger partial charge is 0.160 e. The lowest BCUT2D eigenvalue weighted by atomic mass is 9.97. The number of aromatic hydroxyl groups is 1. The van der Waals surface area contributed by atoms with E-state index in [2.05, 4.69) is 37.8 Å². The van der Waals surface area contributed by atoms with E-state index >= 15 is 0 Å². The van der Waals surface area contributed by atoms with E-state index in [1.807, 2.05) is 24.3 Å². The second kappa shape index (κ2) is 6.37. The standard InChI is InChI=1S/C20H20N4OS/c25-17-6-3-7-18-16(17)11-15(26-18)13-23-9-4-5-14(12-23)20-22-21-19-8-1-2-10-24(19)20/h1-3,6-8,10-11,14,25H,4-5,9,12-13H2. The Kier molecular flexibility index (Phi) is 3.87. The zero-order valence-corrected chi connectivity index (χ0v) is 15.2. The van der Waals surface area contributed by atoms with E-state index < -0.39 is 0 Å². The predicted molar refractivity (Wildman–Crippen MR) is 104 cm³/mol. The molecule has 0 bridgehead atoms. The Labute approximate surface area is 155 Å². The molecule has 1 aliphatic heterocycles. The van der Waals surface area contributed by atoms with Gasteiger partial charge < -0.3 is 5.11 Å². The number of piperidine rings is 1. The summed E-state index contributed by atoms with van der Waals surface area (Å²) in [6.07, 6.45) is 4.38. The van der Waals surface area contributed by atoms with E-state index in [4.69, 9.17) is 0 Å². The van der Waals surface area contributed by atoms with Crippen LogP contribution in [0.2, 0.25) is 0 Å². The number of benzene rings is 1. The third-order valence-corrected chi connectivity index (χ3v) is 6.26. The highest BCUT2D eigenvalue weighted by Gasteiger charge is 2.25. The molecular formula is C20H20N4OS. The highest BCUT2D eigenvalue weighted by Crippen LogP contribution is 2.34. The lowest BCUT2D eigenvalue weighted by Crippen LogP contribution is -2.34. The van der Waals surface area contributed by atoms with Gasteiger partial charge in [-0.15, -0.1) is 21.5 Å². The fourth-order valence-corrected chi connectivity index (χ4v) is 5.07. The van der Waals surface area contributed by atoms with E-state index in [0.717, 1.165) is 47.6 Å². The summed E-state index contributed by atoms with van der Waals surface area (Å²) < 4.78 is 3.27. The van der Waals surface area contributed by atoms with Gasteiger partial charge in [-0.3, -0.25) is 9.30 Å². The molecule has 0 spiro atoms. The molecule has 4 aromatic rings. The van der Waals surface area contributed by atoms with Gasteiger partial charge in [-0.05, 0) is 49.7 Å². The molecule has 1 aliphatic rings. The monoisotopic (exact) mass is 364 g/mol. The molecule has 132 valence electrons. The first-order valence-corrected chi connectivity index (χ1v) is 9.82. The molecule has 1 fully saturated rings. The summed E-state index contributed by atoms with van der Waals surface area (Å²) in [5.41, 5.74) is 0.916. The molecule has 0 amide bonds. The van der Waals surface area contributed by atoms with Crippen molar-refractivity contribution in [2.24, 2.45) is 0 Å². The topological polar surface area (TPSA) is 53.7 Å². The fourth-order valence-electron chi connectivity index (χ4n) is 3.94. The SMILES string of the molecule is Oc1cccc2sc(CN3CCCC(c4nnc5ccccn45)C3)cc12. The molecule has 0 radical (unpaired) electrons. The average Bonchev–Trinajstić information content (AvgIpc) is 3.26. The van der Waals surface area contributed by atoms with E-state index in [-0.39, 0.29) is 0 Å². The van der Waals surface area contributed by atoms with E-state index in [0.29, 0.717) is 11.7 Å². The molecule has 3 aromatic heterocycles. The number of thiophene rings is 1. The van der Waals surface area contributed by atoms with Crippen molar-refractivity contribution < 1.29 is 5.11 Å². The molecule has 5 rings (SSSR count). The Morgan fingerprint density at radius 3 is 3.04 bits per heavy atom. The third kappa shape index (κ3) is 2.75. The van der Waals surface area contributed by atoms with Gasteiger partial charge in [0.05, 0.1) is 0 Å². The summed E-state index contributed by atoms with van der Waals surface area (Å²) in [6, 6.07) is 13.9. The van der Waals surface area contributed by atoms with Crippen molar-refractivity contribution in [1.82, 2.24) is 19.5 Å². The summed E-state index contributed by atoms with van der Waals surface area (Å²) in [5.74, 6) is 1.85. The molecule has 1 aromatic carbocycles. The number of likely N-dealkylation sites (tertiary alicyclic amines) is 1. The molecule has 26 heavy (non-hydrogen) atoms. The van der Waals surface area contributed by atoms with Gasteiger partial charge in [0.1, 0.15) is 11.6 Å². The van der Waals surface area contributed by atoms with Crippen LogP contribution in [0.5, 0.6) is 5.75 Å².